The van der Waals surface area contributed by atoms with Gasteiger partial charge in [-0.2, -0.15) is 0 Å². The molecular weight excluding hydrogens is 242 g/mol. The van der Waals surface area contributed by atoms with E-state index in [-0.39, 0.29) is 12.5 Å². The molecule has 0 saturated heterocycles. The molecule has 1 rings (SSSR count). The number of carbonyl (C=O) groups excluding carboxylic acids is 1. The minimum Gasteiger partial charge on any atom is -0.354 e. The van der Waals surface area contributed by atoms with Crippen LogP contribution in [0.4, 0.5) is 0 Å². The highest BCUT2D eigenvalue weighted by atomic mass is 35.5. The van der Waals surface area contributed by atoms with Gasteiger partial charge in [0.2, 0.25) is 0 Å². The summed E-state index contributed by atoms with van der Waals surface area (Å²) in [6.45, 7) is 2.15. The van der Waals surface area contributed by atoms with Crippen molar-refractivity contribution in [3.63, 3.8) is 0 Å². The number of rotatable bonds is 5. The van der Waals surface area contributed by atoms with Crippen LogP contribution in [0.3, 0.4) is 0 Å². The maximum Gasteiger partial charge on any atom is 0.251 e. The second kappa shape index (κ2) is 6.59. The number of benzene rings is 1. The number of carbonyl (C=O) groups is 1. The van der Waals surface area contributed by atoms with Gasteiger partial charge >= 0.3 is 0 Å². The van der Waals surface area contributed by atoms with E-state index in [1.807, 2.05) is 6.92 Å². The van der Waals surface area contributed by atoms with Gasteiger partial charge in [0.25, 0.3) is 5.91 Å². The van der Waals surface area contributed by atoms with Gasteiger partial charge in [0.05, 0.1) is 6.54 Å². The number of aryl methyl sites for hydroxylation is 1. The third-order valence-corrected chi connectivity index (χ3v) is 2.63. The summed E-state index contributed by atoms with van der Waals surface area (Å²) in [5, 5.41) is 3.26. The summed E-state index contributed by atoms with van der Waals surface area (Å²) in [6.07, 6.45) is -0.446. The number of halogens is 1. The molecule has 1 aromatic carbocycles. The molecule has 94 valence electrons. The highest BCUT2D eigenvalue weighted by molar-refractivity contribution is 6.31. The standard InChI is InChI=1S/C12H16ClNO3/c1-8-4-5-9(13)6-10(8)12(15)14-7-11(16-2)17-3/h4-6,11H,7H2,1-3H3,(H,14,15). The van der Waals surface area contributed by atoms with Crippen LogP contribution in [0.5, 0.6) is 0 Å². The molecular formula is C12H16ClNO3. The van der Waals surface area contributed by atoms with E-state index in [2.05, 4.69) is 5.32 Å². The Hall–Kier alpha value is -1.10. The van der Waals surface area contributed by atoms with E-state index in [9.17, 15) is 4.79 Å². The van der Waals surface area contributed by atoms with Gasteiger partial charge in [-0.25, -0.2) is 0 Å². The van der Waals surface area contributed by atoms with Crippen molar-refractivity contribution in [3.8, 4) is 0 Å². The number of hydrogen-bond donors (Lipinski definition) is 1. The average molecular weight is 258 g/mol. The highest BCUT2D eigenvalue weighted by Crippen LogP contribution is 2.15. The van der Waals surface area contributed by atoms with E-state index in [0.717, 1.165) is 5.56 Å². The lowest BCUT2D eigenvalue weighted by molar-refractivity contribution is -0.0974. The monoisotopic (exact) mass is 257 g/mol. The van der Waals surface area contributed by atoms with Crippen LogP contribution in [0.25, 0.3) is 0 Å². The first-order valence-corrected chi connectivity index (χ1v) is 5.56. The quantitative estimate of drug-likeness (QED) is 0.821. The molecule has 0 spiro atoms. The van der Waals surface area contributed by atoms with Gasteiger partial charge in [-0.15, -0.1) is 0 Å². The first-order chi connectivity index (χ1) is 8.08. The topological polar surface area (TPSA) is 47.6 Å². The zero-order valence-corrected chi connectivity index (χ0v) is 10.9. The molecule has 0 fully saturated rings. The van der Waals surface area contributed by atoms with Crippen LogP contribution in [0.2, 0.25) is 5.02 Å². The Balaban J connectivity index is 2.66. The average Bonchev–Trinajstić information content (AvgIpc) is 2.33. The lowest BCUT2D eigenvalue weighted by Crippen LogP contribution is -2.34. The fourth-order valence-corrected chi connectivity index (χ4v) is 1.55. The zero-order chi connectivity index (χ0) is 12.8. The summed E-state index contributed by atoms with van der Waals surface area (Å²) in [4.78, 5) is 11.9. The third-order valence-electron chi connectivity index (χ3n) is 2.40. The van der Waals surface area contributed by atoms with Crippen molar-refractivity contribution in [2.45, 2.75) is 13.2 Å². The Labute approximate surface area is 106 Å². The Kier molecular flexibility index (Phi) is 5.41. The molecule has 4 nitrogen and oxygen atoms in total. The molecule has 1 aromatic rings. The first kappa shape index (κ1) is 14.0. The molecule has 0 atom stereocenters. The summed E-state index contributed by atoms with van der Waals surface area (Å²) in [5.74, 6) is -0.191. The van der Waals surface area contributed by atoms with E-state index >= 15 is 0 Å². The molecule has 0 heterocycles. The number of ether oxygens (including phenoxy) is 2. The van der Waals surface area contributed by atoms with Crippen LogP contribution in [0.15, 0.2) is 18.2 Å². The van der Waals surface area contributed by atoms with Crippen molar-refractivity contribution < 1.29 is 14.3 Å². The van der Waals surface area contributed by atoms with Crippen LogP contribution in [0.1, 0.15) is 15.9 Å². The molecule has 0 aromatic heterocycles. The fourth-order valence-electron chi connectivity index (χ4n) is 1.37. The summed E-state index contributed by atoms with van der Waals surface area (Å²) < 4.78 is 9.95. The van der Waals surface area contributed by atoms with Gasteiger partial charge in [-0.1, -0.05) is 17.7 Å². The summed E-state index contributed by atoms with van der Waals surface area (Å²) in [7, 11) is 3.04. The van der Waals surface area contributed by atoms with Crippen LogP contribution >= 0.6 is 11.6 Å². The zero-order valence-electron chi connectivity index (χ0n) is 10.1. The molecule has 0 saturated carbocycles. The Bertz CT molecular complexity index is 391. The van der Waals surface area contributed by atoms with Gasteiger partial charge in [-0.3, -0.25) is 4.79 Å². The van der Waals surface area contributed by atoms with Gasteiger partial charge in [0.15, 0.2) is 6.29 Å². The second-order valence-corrected chi connectivity index (χ2v) is 4.01. The van der Waals surface area contributed by atoms with Crippen molar-refractivity contribution in [2.75, 3.05) is 20.8 Å². The van der Waals surface area contributed by atoms with E-state index in [4.69, 9.17) is 21.1 Å². The van der Waals surface area contributed by atoms with Crippen LogP contribution in [-0.2, 0) is 9.47 Å². The van der Waals surface area contributed by atoms with Gasteiger partial charge in [-0.05, 0) is 24.6 Å². The van der Waals surface area contributed by atoms with Gasteiger partial charge in [0, 0.05) is 24.8 Å². The number of nitrogens with one attached hydrogen (secondary N) is 1. The maximum atomic E-state index is 11.9. The molecule has 0 aliphatic carbocycles. The molecule has 1 N–H and O–H groups in total. The van der Waals surface area contributed by atoms with Crippen molar-refractivity contribution >= 4 is 17.5 Å². The van der Waals surface area contributed by atoms with Gasteiger partial charge in [0.1, 0.15) is 0 Å². The normalized spacial score (nSPS) is 10.6. The minimum absolute atomic E-state index is 0.191. The number of hydrogen-bond acceptors (Lipinski definition) is 3. The molecule has 0 unspecified atom stereocenters. The Morgan fingerprint density at radius 3 is 2.65 bits per heavy atom. The van der Waals surface area contributed by atoms with Crippen molar-refractivity contribution in [2.24, 2.45) is 0 Å². The van der Waals surface area contributed by atoms with E-state index in [0.29, 0.717) is 10.6 Å². The predicted octanol–water partition coefficient (Wildman–Crippen LogP) is 2.00. The second-order valence-electron chi connectivity index (χ2n) is 3.57. The summed E-state index contributed by atoms with van der Waals surface area (Å²) in [5.41, 5.74) is 1.43. The molecule has 1 amide bonds. The van der Waals surface area contributed by atoms with Crippen molar-refractivity contribution in [1.82, 2.24) is 5.32 Å². The smallest absolute Gasteiger partial charge is 0.251 e. The van der Waals surface area contributed by atoms with Crippen LogP contribution in [-0.4, -0.2) is 33.0 Å². The molecule has 0 bridgehead atoms. The van der Waals surface area contributed by atoms with E-state index in [1.165, 1.54) is 14.2 Å². The largest absolute Gasteiger partial charge is 0.354 e. The van der Waals surface area contributed by atoms with Crippen LogP contribution < -0.4 is 5.32 Å². The molecule has 0 aliphatic rings. The minimum atomic E-state index is -0.446. The SMILES string of the molecule is COC(CNC(=O)c1cc(Cl)ccc1C)OC. The lowest BCUT2D eigenvalue weighted by atomic mass is 10.1. The van der Waals surface area contributed by atoms with Crippen molar-refractivity contribution in [3.05, 3.63) is 34.3 Å². The highest BCUT2D eigenvalue weighted by Gasteiger charge is 2.12. The summed E-state index contributed by atoms with van der Waals surface area (Å²) >= 11 is 5.85. The van der Waals surface area contributed by atoms with Crippen LogP contribution in [0, 0.1) is 6.92 Å². The lowest BCUT2D eigenvalue weighted by Gasteiger charge is -2.14. The summed E-state index contributed by atoms with van der Waals surface area (Å²) in [6, 6.07) is 5.20. The number of amides is 1. The molecule has 0 aliphatic heterocycles. The fraction of sp³-hybridized carbons (Fsp3) is 0.417. The molecule has 0 radical (unpaired) electrons. The van der Waals surface area contributed by atoms with Gasteiger partial charge < -0.3 is 14.8 Å². The van der Waals surface area contributed by atoms with E-state index in [1.54, 1.807) is 18.2 Å². The Morgan fingerprint density at radius 2 is 2.06 bits per heavy atom. The third kappa shape index (κ3) is 4.00. The number of methoxy groups -OCH3 is 2. The first-order valence-electron chi connectivity index (χ1n) is 5.18. The molecule has 5 heteroatoms. The van der Waals surface area contributed by atoms with E-state index < -0.39 is 6.29 Å². The Morgan fingerprint density at radius 1 is 1.41 bits per heavy atom. The molecule has 17 heavy (non-hydrogen) atoms. The maximum absolute atomic E-state index is 11.9. The predicted molar refractivity (Wildman–Crippen MR) is 66.3 cm³/mol. The van der Waals surface area contributed by atoms with Crippen molar-refractivity contribution in [1.29, 1.82) is 0 Å².